The Labute approximate surface area is 159 Å². The van der Waals surface area contributed by atoms with Crippen LogP contribution >= 0.6 is 0 Å². The number of furan rings is 1. The number of nitrogens with zero attached hydrogens (tertiary/aromatic N) is 2. The summed E-state index contributed by atoms with van der Waals surface area (Å²) in [5.41, 5.74) is 1.98. The molecule has 4 rings (SSSR count). The Bertz CT molecular complexity index is 1250. The molecule has 0 radical (unpaired) electrons. The molecule has 2 aromatic heterocycles. The molecule has 2 heterocycles. The number of benzene rings is 2. The van der Waals surface area contributed by atoms with Crippen LogP contribution in [0.15, 0.2) is 65.2 Å². The van der Waals surface area contributed by atoms with Crippen LogP contribution < -0.4 is 0 Å². The molecule has 138 valence electrons. The third kappa shape index (κ3) is 2.69. The largest absolute Gasteiger partial charge is 0.451 e. The van der Waals surface area contributed by atoms with E-state index >= 15 is 0 Å². The molecule has 7 heteroatoms. The van der Waals surface area contributed by atoms with Gasteiger partial charge in [-0.25, -0.2) is 0 Å². The SMILES string of the molecule is Cc1c(-c2ccc(C(=O)n3cc(C=O)c4ccccc43)o2)cccc1[N+](=O)[O-]. The van der Waals surface area contributed by atoms with Crippen molar-refractivity contribution in [2.45, 2.75) is 6.92 Å². The summed E-state index contributed by atoms with van der Waals surface area (Å²) in [6, 6.07) is 14.9. The van der Waals surface area contributed by atoms with E-state index in [9.17, 15) is 19.7 Å². The van der Waals surface area contributed by atoms with Gasteiger partial charge in [0.05, 0.1) is 10.4 Å². The van der Waals surface area contributed by atoms with Crippen LogP contribution in [0.1, 0.15) is 26.5 Å². The summed E-state index contributed by atoms with van der Waals surface area (Å²) in [7, 11) is 0. The number of aromatic nitrogens is 1. The molecule has 0 atom stereocenters. The molecule has 7 nitrogen and oxygen atoms in total. The van der Waals surface area contributed by atoms with Crippen LogP contribution in [0.4, 0.5) is 5.69 Å². The fourth-order valence-electron chi connectivity index (χ4n) is 3.27. The van der Waals surface area contributed by atoms with E-state index in [4.69, 9.17) is 4.42 Å². The summed E-state index contributed by atoms with van der Waals surface area (Å²) in [4.78, 5) is 34.9. The third-order valence-electron chi connectivity index (χ3n) is 4.67. The number of fused-ring (bicyclic) bond motifs is 1. The lowest BCUT2D eigenvalue weighted by Gasteiger charge is -2.04. The zero-order valence-corrected chi connectivity index (χ0v) is 14.8. The Hall–Kier alpha value is -4.00. The van der Waals surface area contributed by atoms with Crippen molar-refractivity contribution in [2.75, 3.05) is 0 Å². The molecule has 0 saturated heterocycles. The predicted molar refractivity (Wildman–Crippen MR) is 103 cm³/mol. The van der Waals surface area contributed by atoms with Gasteiger partial charge in [0.1, 0.15) is 5.76 Å². The number of aldehydes is 1. The van der Waals surface area contributed by atoms with Crippen molar-refractivity contribution in [3.63, 3.8) is 0 Å². The number of carbonyl (C=O) groups excluding carboxylic acids is 2. The minimum absolute atomic E-state index is 0.0196. The highest BCUT2D eigenvalue weighted by Crippen LogP contribution is 2.31. The molecule has 0 amide bonds. The minimum Gasteiger partial charge on any atom is -0.451 e. The van der Waals surface area contributed by atoms with Gasteiger partial charge in [-0.3, -0.25) is 24.3 Å². The molecule has 4 aromatic rings. The lowest BCUT2D eigenvalue weighted by molar-refractivity contribution is -0.385. The number of hydrogen-bond donors (Lipinski definition) is 0. The Morgan fingerprint density at radius 3 is 2.64 bits per heavy atom. The first-order valence-electron chi connectivity index (χ1n) is 8.45. The molecule has 0 aliphatic carbocycles. The van der Waals surface area contributed by atoms with Crippen LogP contribution in [0.25, 0.3) is 22.2 Å². The van der Waals surface area contributed by atoms with E-state index in [1.54, 1.807) is 49.4 Å². The van der Waals surface area contributed by atoms with Crippen LogP contribution in [0.5, 0.6) is 0 Å². The van der Waals surface area contributed by atoms with E-state index in [-0.39, 0.29) is 11.4 Å². The third-order valence-corrected chi connectivity index (χ3v) is 4.67. The summed E-state index contributed by atoms with van der Waals surface area (Å²) in [5, 5.41) is 11.8. The first kappa shape index (κ1) is 17.4. The molecular formula is C21H14N2O5. The average molecular weight is 374 g/mol. The van der Waals surface area contributed by atoms with Gasteiger partial charge in [-0.2, -0.15) is 0 Å². The smallest absolute Gasteiger partial charge is 0.298 e. The Kier molecular flexibility index (Phi) is 4.12. The van der Waals surface area contributed by atoms with Gasteiger partial charge in [0.2, 0.25) is 0 Å². The number of hydrogen-bond acceptors (Lipinski definition) is 5. The molecule has 28 heavy (non-hydrogen) atoms. The van der Waals surface area contributed by atoms with Gasteiger partial charge in [-0.1, -0.05) is 30.3 Å². The molecule has 0 aliphatic heterocycles. The Morgan fingerprint density at radius 1 is 1.11 bits per heavy atom. The van der Waals surface area contributed by atoms with E-state index in [1.807, 2.05) is 0 Å². The lowest BCUT2D eigenvalue weighted by atomic mass is 10.1. The van der Waals surface area contributed by atoms with E-state index in [2.05, 4.69) is 0 Å². The molecule has 0 fully saturated rings. The first-order chi connectivity index (χ1) is 13.5. The highest BCUT2D eigenvalue weighted by Gasteiger charge is 2.20. The fraction of sp³-hybridized carbons (Fsp3) is 0.0476. The molecule has 0 saturated carbocycles. The van der Waals surface area contributed by atoms with E-state index < -0.39 is 10.8 Å². The molecule has 0 bridgehead atoms. The van der Waals surface area contributed by atoms with Crippen LogP contribution in [0.3, 0.4) is 0 Å². The molecule has 0 aliphatic rings. The van der Waals surface area contributed by atoms with Crippen molar-refractivity contribution >= 4 is 28.8 Å². The second-order valence-corrected chi connectivity index (χ2v) is 6.27. The second-order valence-electron chi connectivity index (χ2n) is 6.27. The van der Waals surface area contributed by atoms with E-state index in [0.29, 0.717) is 39.6 Å². The number of nitro benzene ring substituents is 1. The number of carbonyl (C=O) groups is 2. The number of rotatable bonds is 4. The van der Waals surface area contributed by atoms with Crippen molar-refractivity contribution in [1.29, 1.82) is 0 Å². The average Bonchev–Trinajstić information content (AvgIpc) is 3.32. The van der Waals surface area contributed by atoms with Gasteiger partial charge in [0.25, 0.3) is 11.6 Å². The molecule has 2 aromatic carbocycles. The summed E-state index contributed by atoms with van der Waals surface area (Å²) in [6.07, 6.45) is 2.17. The Morgan fingerprint density at radius 2 is 1.89 bits per heavy atom. The van der Waals surface area contributed by atoms with Crippen LogP contribution in [0, 0.1) is 17.0 Å². The summed E-state index contributed by atoms with van der Waals surface area (Å²) < 4.78 is 7.08. The number of para-hydroxylation sites is 1. The molecular weight excluding hydrogens is 360 g/mol. The van der Waals surface area contributed by atoms with Gasteiger partial charge in [0, 0.05) is 34.3 Å². The quantitative estimate of drug-likeness (QED) is 0.295. The van der Waals surface area contributed by atoms with Gasteiger partial charge in [-0.05, 0) is 25.1 Å². The van der Waals surface area contributed by atoms with E-state index in [0.717, 1.165) is 0 Å². The van der Waals surface area contributed by atoms with Crippen molar-refractivity contribution < 1.29 is 18.9 Å². The van der Waals surface area contributed by atoms with Gasteiger partial charge in [-0.15, -0.1) is 0 Å². The first-order valence-corrected chi connectivity index (χ1v) is 8.45. The van der Waals surface area contributed by atoms with Crippen molar-refractivity contribution in [3.8, 4) is 11.3 Å². The maximum atomic E-state index is 12.9. The van der Waals surface area contributed by atoms with Gasteiger partial charge >= 0.3 is 0 Å². The summed E-state index contributed by atoms with van der Waals surface area (Å²) in [5.74, 6) is -0.00522. The molecule has 0 unspecified atom stereocenters. The lowest BCUT2D eigenvalue weighted by Crippen LogP contribution is -2.09. The molecule has 0 spiro atoms. The van der Waals surface area contributed by atoms with Gasteiger partial charge in [0.15, 0.2) is 12.0 Å². The maximum absolute atomic E-state index is 12.9. The topological polar surface area (TPSA) is 95.3 Å². The zero-order valence-electron chi connectivity index (χ0n) is 14.8. The van der Waals surface area contributed by atoms with Gasteiger partial charge < -0.3 is 4.42 Å². The predicted octanol–water partition coefficient (Wildman–Crippen LogP) is 4.62. The maximum Gasteiger partial charge on any atom is 0.298 e. The van der Waals surface area contributed by atoms with Crippen molar-refractivity contribution in [3.05, 3.63) is 87.8 Å². The van der Waals surface area contributed by atoms with E-state index in [1.165, 1.54) is 22.9 Å². The van der Waals surface area contributed by atoms with Crippen LogP contribution in [0.2, 0.25) is 0 Å². The van der Waals surface area contributed by atoms with Crippen molar-refractivity contribution in [1.82, 2.24) is 4.57 Å². The van der Waals surface area contributed by atoms with Crippen LogP contribution in [-0.2, 0) is 0 Å². The minimum atomic E-state index is -0.458. The normalized spacial score (nSPS) is 10.9. The second kappa shape index (κ2) is 6.62. The molecule has 0 N–H and O–H groups in total. The highest BCUT2D eigenvalue weighted by molar-refractivity contribution is 6.06. The summed E-state index contributed by atoms with van der Waals surface area (Å²) in [6.45, 7) is 1.63. The zero-order chi connectivity index (χ0) is 19.8. The Balaban J connectivity index is 1.77. The highest BCUT2D eigenvalue weighted by atomic mass is 16.6. The van der Waals surface area contributed by atoms with Crippen molar-refractivity contribution in [2.24, 2.45) is 0 Å². The fourth-order valence-corrected chi connectivity index (χ4v) is 3.27. The summed E-state index contributed by atoms with van der Waals surface area (Å²) >= 11 is 0. The monoisotopic (exact) mass is 374 g/mol. The standard InChI is InChI=1S/C21H14N2O5/c1-13-15(6-4-8-17(13)23(26)27)19-9-10-20(28-19)21(25)22-11-14(12-24)16-5-2-3-7-18(16)22/h2-12H,1H3. The number of nitro groups is 1. The van der Waals surface area contributed by atoms with Crippen LogP contribution in [-0.4, -0.2) is 21.7 Å².